The standard InChI is InChI=1S/C12H24N2/c1-12(2,3)14-8-9-6-10(14)7-11(9)13(4)5/h9-11H,6-8H2,1-5H3. The second-order valence-corrected chi connectivity index (χ2v) is 6.24. The number of hydrogen-bond acceptors (Lipinski definition) is 2. The Hall–Kier alpha value is -0.0800. The van der Waals surface area contributed by atoms with Crippen LogP contribution < -0.4 is 0 Å². The number of rotatable bonds is 1. The van der Waals surface area contributed by atoms with E-state index in [1.54, 1.807) is 0 Å². The van der Waals surface area contributed by atoms with Gasteiger partial charge in [-0.3, -0.25) is 4.90 Å². The average molecular weight is 196 g/mol. The van der Waals surface area contributed by atoms with Crippen molar-refractivity contribution in [3.8, 4) is 0 Å². The lowest BCUT2D eigenvalue weighted by molar-refractivity contribution is 0.0650. The summed E-state index contributed by atoms with van der Waals surface area (Å²) in [6.07, 6.45) is 2.81. The fraction of sp³-hybridized carbons (Fsp3) is 1.00. The van der Waals surface area contributed by atoms with Gasteiger partial charge in [-0.25, -0.2) is 0 Å². The Bertz CT molecular complexity index is 217. The lowest BCUT2D eigenvalue weighted by Crippen LogP contribution is -2.50. The van der Waals surface area contributed by atoms with Crippen molar-refractivity contribution in [2.75, 3.05) is 20.6 Å². The van der Waals surface area contributed by atoms with E-state index in [0.717, 1.165) is 18.0 Å². The normalized spacial score (nSPS) is 38.6. The van der Waals surface area contributed by atoms with Gasteiger partial charge in [0, 0.05) is 24.2 Å². The minimum atomic E-state index is 0.372. The van der Waals surface area contributed by atoms with Gasteiger partial charge in [0.15, 0.2) is 0 Å². The van der Waals surface area contributed by atoms with Gasteiger partial charge in [0.25, 0.3) is 0 Å². The number of fused-ring (bicyclic) bond motifs is 2. The van der Waals surface area contributed by atoms with Gasteiger partial charge in [-0.15, -0.1) is 0 Å². The molecule has 0 amide bonds. The number of nitrogens with zero attached hydrogens (tertiary/aromatic N) is 2. The smallest absolute Gasteiger partial charge is 0.0145 e. The van der Waals surface area contributed by atoms with E-state index in [2.05, 4.69) is 44.7 Å². The van der Waals surface area contributed by atoms with Crippen molar-refractivity contribution >= 4 is 0 Å². The van der Waals surface area contributed by atoms with Gasteiger partial charge in [-0.1, -0.05) is 0 Å². The first-order valence-corrected chi connectivity index (χ1v) is 5.83. The molecule has 0 radical (unpaired) electrons. The third-order valence-electron chi connectivity index (χ3n) is 4.03. The maximum Gasteiger partial charge on any atom is 0.0145 e. The number of likely N-dealkylation sites (tertiary alicyclic amines) is 1. The minimum Gasteiger partial charge on any atom is -0.306 e. The molecule has 1 heterocycles. The molecule has 1 saturated carbocycles. The maximum atomic E-state index is 2.71. The third kappa shape index (κ3) is 1.59. The molecule has 1 aliphatic heterocycles. The van der Waals surface area contributed by atoms with Crippen molar-refractivity contribution in [3.05, 3.63) is 0 Å². The Morgan fingerprint density at radius 1 is 1.14 bits per heavy atom. The molecular formula is C12H24N2. The Balaban J connectivity index is 2.03. The molecule has 2 fully saturated rings. The van der Waals surface area contributed by atoms with Gasteiger partial charge in [-0.2, -0.15) is 0 Å². The molecule has 2 bridgehead atoms. The van der Waals surface area contributed by atoms with Crippen molar-refractivity contribution in [2.24, 2.45) is 5.92 Å². The molecular weight excluding hydrogens is 172 g/mol. The van der Waals surface area contributed by atoms with E-state index in [9.17, 15) is 0 Å². The van der Waals surface area contributed by atoms with E-state index < -0.39 is 0 Å². The zero-order chi connectivity index (χ0) is 10.5. The molecule has 0 spiro atoms. The Morgan fingerprint density at radius 2 is 1.79 bits per heavy atom. The molecule has 0 aromatic carbocycles. The first-order chi connectivity index (χ1) is 6.39. The number of piperidine rings is 1. The zero-order valence-electron chi connectivity index (χ0n) is 10.2. The summed E-state index contributed by atoms with van der Waals surface area (Å²) < 4.78 is 0. The molecule has 82 valence electrons. The minimum absolute atomic E-state index is 0.372. The van der Waals surface area contributed by atoms with Crippen molar-refractivity contribution in [1.29, 1.82) is 0 Å². The highest BCUT2D eigenvalue weighted by molar-refractivity contribution is 5.03. The van der Waals surface area contributed by atoms with Crippen LogP contribution in [0.25, 0.3) is 0 Å². The van der Waals surface area contributed by atoms with Crippen LogP contribution in [0.4, 0.5) is 0 Å². The molecule has 14 heavy (non-hydrogen) atoms. The van der Waals surface area contributed by atoms with Crippen LogP contribution in [0, 0.1) is 5.92 Å². The van der Waals surface area contributed by atoms with Crippen molar-refractivity contribution in [1.82, 2.24) is 9.80 Å². The van der Waals surface area contributed by atoms with Crippen LogP contribution >= 0.6 is 0 Å². The summed E-state index contributed by atoms with van der Waals surface area (Å²) in [4.78, 5) is 5.13. The Kier molecular flexibility index (Phi) is 2.39. The predicted octanol–water partition coefficient (Wildman–Crippen LogP) is 1.81. The summed E-state index contributed by atoms with van der Waals surface area (Å²) in [5.41, 5.74) is 0.372. The fourth-order valence-electron chi connectivity index (χ4n) is 3.38. The Labute approximate surface area is 88.3 Å². The Morgan fingerprint density at radius 3 is 2.14 bits per heavy atom. The van der Waals surface area contributed by atoms with Crippen LogP contribution in [0.2, 0.25) is 0 Å². The van der Waals surface area contributed by atoms with Gasteiger partial charge >= 0.3 is 0 Å². The van der Waals surface area contributed by atoms with Gasteiger partial charge < -0.3 is 4.90 Å². The molecule has 2 nitrogen and oxygen atoms in total. The molecule has 2 rings (SSSR count). The van der Waals surface area contributed by atoms with E-state index in [0.29, 0.717) is 5.54 Å². The van der Waals surface area contributed by atoms with Crippen molar-refractivity contribution < 1.29 is 0 Å². The van der Waals surface area contributed by atoms with Gasteiger partial charge in [0.2, 0.25) is 0 Å². The molecule has 2 aliphatic rings. The summed E-state index contributed by atoms with van der Waals surface area (Å²) in [5.74, 6) is 0.925. The predicted molar refractivity (Wildman–Crippen MR) is 60.4 cm³/mol. The summed E-state index contributed by atoms with van der Waals surface area (Å²) in [5, 5.41) is 0. The summed E-state index contributed by atoms with van der Waals surface area (Å²) in [6.45, 7) is 8.35. The average Bonchev–Trinajstić information content (AvgIpc) is 2.58. The molecule has 1 aliphatic carbocycles. The molecule has 0 N–H and O–H groups in total. The van der Waals surface area contributed by atoms with Gasteiger partial charge in [-0.05, 0) is 53.6 Å². The van der Waals surface area contributed by atoms with E-state index in [4.69, 9.17) is 0 Å². The lowest BCUT2D eigenvalue weighted by Gasteiger charge is -2.42. The molecule has 1 saturated heterocycles. The molecule has 0 aromatic rings. The van der Waals surface area contributed by atoms with Crippen LogP contribution in [0.1, 0.15) is 33.6 Å². The zero-order valence-corrected chi connectivity index (χ0v) is 10.2. The van der Waals surface area contributed by atoms with Gasteiger partial charge in [0.1, 0.15) is 0 Å². The second-order valence-electron chi connectivity index (χ2n) is 6.24. The van der Waals surface area contributed by atoms with E-state index in [1.807, 2.05) is 0 Å². The van der Waals surface area contributed by atoms with E-state index >= 15 is 0 Å². The van der Waals surface area contributed by atoms with Crippen molar-refractivity contribution in [2.45, 2.75) is 51.2 Å². The first kappa shape index (κ1) is 10.4. The molecule has 3 atom stereocenters. The monoisotopic (exact) mass is 196 g/mol. The summed E-state index contributed by atoms with van der Waals surface area (Å²) in [6, 6.07) is 1.70. The maximum absolute atomic E-state index is 2.71. The highest BCUT2D eigenvalue weighted by Crippen LogP contribution is 2.42. The molecule has 3 unspecified atom stereocenters. The second kappa shape index (κ2) is 3.21. The lowest BCUT2D eigenvalue weighted by atomic mass is 9.97. The number of hydrogen-bond donors (Lipinski definition) is 0. The van der Waals surface area contributed by atoms with E-state index in [1.165, 1.54) is 19.4 Å². The first-order valence-electron chi connectivity index (χ1n) is 5.83. The highest BCUT2D eigenvalue weighted by atomic mass is 15.3. The largest absolute Gasteiger partial charge is 0.306 e. The SMILES string of the molecule is CN(C)C1CC2CC1CN2C(C)(C)C. The summed E-state index contributed by atoms with van der Waals surface area (Å²) >= 11 is 0. The topological polar surface area (TPSA) is 6.48 Å². The molecule has 0 aromatic heterocycles. The van der Waals surface area contributed by atoms with Crippen LogP contribution in [-0.4, -0.2) is 48.1 Å². The van der Waals surface area contributed by atoms with Crippen molar-refractivity contribution in [3.63, 3.8) is 0 Å². The van der Waals surface area contributed by atoms with Crippen LogP contribution in [0.15, 0.2) is 0 Å². The van der Waals surface area contributed by atoms with Gasteiger partial charge in [0.05, 0.1) is 0 Å². The van der Waals surface area contributed by atoms with Crippen LogP contribution in [0.3, 0.4) is 0 Å². The van der Waals surface area contributed by atoms with E-state index in [-0.39, 0.29) is 0 Å². The molecule has 2 heteroatoms. The highest BCUT2D eigenvalue weighted by Gasteiger charge is 2.48. The van der Waals surface area contributed by atoms with Crippen LogP contribution in [-0.2, 0) is 0 Å². The third-order valence-corrected chi connectivity index (χ3v) is 4.03. The van der Waals surface area contributed by atoms with Crippen LogP contribution in [0.5, 0.6) is 0 Å². The quantitative estimate of drug-likeness (QED) is 0.631. The summed E-state index contributed by atoms with van der Waals surface area (Å²) in [7, 11) is 4.46. The fourth-order valence-corrected chi connectivity index (χ4v) is 3.38.